The molecule has 0 aliphatic heterocycles. The molecule has 0 amide bonds. The van der Waals surface area contributed by atoms with Crippen molar-refractivity contribution in [1.29, 1.82) is 0 Å². The van der Waals surface area contributed by atoms with Gasteiger partial charge in [-0.25, -0.2) is 4.84 Å². The molecule has 0 fully saturated rings. The summed E-state index contributed by atoms with van der Waals surface area (Å²) in [5, 5.41) is 1.03. The minimum atomic E-state index is 0.461. The second-order valence-electron chi connectivity index (χ2n) is 2.90. The first-order valence-electron chi connectivity index (χ1n) is 4.36. The van der Waals surface area contributed by atoms with Crippen LogP contribution in [0.5, 0.6) is 5.75 Å². The van der Waals surface area contributed by atoms with Gasteiger partial charge in [0.1, 0.15) is 5.02 Å². The number of aromatic nitrogens is 1. The zero-order valence-corrected chi connectivity index (χ0v) is 9.24. The van der Waals surface area contributed by atoms with Crippen molar-refractivity contribution in [2.24, 2.45) is 0 Å². The highest BCUT2D eigenvalue weighted by molar-refractivity contribution is 6.31. The van der Waals surface area contributed by atoms with Crippen LogP contribution in [-0.4, -0.2) is 0 Å². The standard InChI is InChI=1S/C11H8Cl2NO/c12-9-6-7-11(13)14(8-9)15-10-4-2-1-3-5-10/h1-8H/q+1. The fourth-order valence-electron chi connectivity index (χ4n) is 1.10. The van der Waals surface area contributed by atoms with Crippen molar-refractivity contribution < 1.29 is 9.57 Å². The Balaban J connectivity index is 2.28. The second-order valence-corrected chi connectivity index (χ2v) is 3.72. The van der Waals surface area contributed by atoms with Gasteiger partial charge in [-0.1, -0.05) is 29.8 Å². The van der Waals surface area contributed by atoms with Crippen molar-refractivity contribution in [2.45, 2.75) is 0 Å². The number of rotatable bonds is 2. The molecule has 0 radical (unpaired) electrons. The predicted octanol–water partition coefficient (Wildman–Crippen LogP) is 3.12. The Morgan fingerprint density at radius 2 is 1.67 bits per heavy atom. The smallest absolute Gasteiger partial charge is 0.230 e. The highest BCUT2D eigenvalue weighted by atomic mass is 35.5. The summed E-state index contributed by atoms with van der Waals surface area (Å²) < 4.78 is 1.42. The van der Waals surface area contributed by atoms with Gasteiger partial charge >= 0.3 is 5.15 Å². The normalized spacial score (nSPS) is 10.0. The van der Waals surface area contributed by atoms with E-state index < -0.39 is 0 Å². The third-order valence-electron chi connectivity index (χ3n) is 1.78. The molecule has 0 spiro atoms. The Kier molecular flexibility index (Phi) is 3.09. The molecule has 0 atom stereocenters. The number of hydrogen-bond donors (Lipinski definition) is 0. The van der Waals surface area contributed by atoms with E-state index in [0.29, 0.717) is 15.9 Å². The Bertz CT molecular complexity index is 459. The quantitative estimate of drug-likeness (QED) is 0.581. The first-order valence-corrected chi connectivity index (χ1v) is 5.11. The number of pyridine rings is 1. The SMILES string of the molecule is Clc1ccc(Cl)[n+](Oc2ccccc2)c1. The molecule has 0 N–H and O–H groups in total. The van der Waals surface area contributed by atoms with Gasteiger partial charge in [-0.2, -0.15) is 0 Å². The molecule has 15 heavy (non-hydrogen) atoms. The van der Waals surface area contributed by atoms with E-state index in [9.17, 15) is 0 Å². The van der Waals surface area contributed by atoms with Gasteiger partial charge in [0, 0.05) is 10.8 Å². The molecule has 1 heterocycles. The summed E-state index contributed by atoms with van der Waals surface area (Å²) in [4.78, 5) is 5.49. The number of benzene rings is 1. The summed E-state index contributed by atoms with van der Waals surface area (Å²) >= 11 is 11.7. The molecular weight excluding hydrogens is 233 g/mol. The van der Waals surface area contributed by atoms with E-state index in [4.69, 9.17) is 28.0 Å². The zero-order valence-electron chi connectivity index (χ0n) is 7.73. The molecule has 0 unspecified atom stereocenters. The lowest BCUT2D eigenvalue weighted by Gasteiger charge is -1.98. The van der Waals surface area contributed by atoms with Crippen molar-refractivity contribution in [3.63, 3.8) is 0 Å². The third-order valence-corrected chi connectivity index (χ3v) is 2.29. The minimum absolute atomic E-state index is 0.461. The van der Waals surface area contributed by atoms with Crippen LogP contribution in [0.1, 0.15) is 0 Å². The van der Waals surface area contributed by atoms with Gasteiger partial charge in [-0.3, -0.25) is 0 Å². The van der Waals surface area contributed by atoms with E-state index in [0.717, 1.165) is 0 Å². The summed E-state index contributed by atoms with van der Waals surface area (Å²) in [6, 6.07) is 12.7. The highest BCUT2D eigenvalue weighted by Gasteiger charge is 2.11. The maximum atomic E-state index is 5.93. The lowest BCUT2D eigenvalue weighted by molar-refractivity contribution is -0.873. The molecule has 0 aliphatic rings. The van der Waals surface area contributed by atoms with Gasteiger partial charge < -0.3 is 0 Å². The maximum absolute atomic E-state index is 5.93. The summed E-state index contributed by atoms with van der Waals surface area (Å²) in [5.41, 5.74) is 0. The van der Waals surface area contributed by atoms with Crippen molar-refractivity contribution in [3.05, 3.63) is 58.8 Å². The monoisotopic (exact) mass is 240 g/mol. The summed E-state index contributed by atoms with van der Waals surface area (Å²) in [7, 11) is 0. The largest absolute Gasteiger partial charge is 0.325 e. The van der Waals surface area contributed by atoms with Crippen molar-refractivity contribution >= 4 is 23.2 Å². The predicted molar refractivity (Wildman–Crippen MR) is 59.1 cm³/mol. The van der Waals surface area contributed by atoms with Crippen LogP contribution < -0.4 is 9.57 Å². The maximum Gasteiger partial charge on any atom is 0.325 e. The van der Waals surface area contributed by atoms with Crippen LogP contribution in [0.25, 0.3) is 0 Å². The summed E-state index contributed by atoms with van der Waals surface area (Å²) in [5.74, 6) is 0.701. The molecule has 2 rings (SSSR count). The minimum Gasteiger partial charge on any atom is -0.230 e. The van der Waals surface area contributed by atoms with Crippen LogP contribution in [0.3, 0.4) is 0 Å². The van der Waals surface area contributed by atoms with E-state index in [1.54, 1.807) is 18.3 Å². The van der Waals surface area contributed by atoms with Gasteiger partial charge in [0.2, 0.25) is 11.9 Å². The molecule has 76 valence electrons. The number of halogens is 2. The highest BCUT2D eigenvalue weighted by Crippen LogP contribution is 2.11. The molecule has 1 aromatic carbocycles. The zero-order chi connectivity index (χ0) is 10.7. The van der Waals surface area contributed by atoms with Crippen LogP contribution in [0.15, 0.2) is 48.7 Å². The molecule has 0 saturated carbocycles. The van der Waals surface area contributed by atoms with E-state index in [1.807, 2.05) is 30.3 Å². The van der Waals surface area contributed by atoms with Gasteiger partial charge in [0.15, 0.2) is 0 Å². The fourth-order valence-corrected chi connectivity index (χ4v) is 1.40. The average Bonchev–Trinajstić information content (AvgIpc) is 2.25. The second kappa shape index (κ2) is 4.51. The molecule has 2 nitrogen and oxygen atoms in total. The topological polar surface area (TPSA) is 13.1 Å². The Morgan fingerprint density at radius 3 is 2.40 bits per heavy atom. The Hall–Kier alpha value is -1.25. The fraction of sp³-hybridized carbons (Fsp3) is 0. The van der Waals surface area contributed by atoms with Crippen LogP contribution in [0.4, 0.5) is 0 Å². The van der Waals surface area contributed by atoms with Gasteiger partial charge in [-0.05, 0) is 29.8 Å². The molecule has 0 saturated heterocycles. The van der Waals surface area contributed by atoms with Crippen molar-refractivity contribution in [2.75, 3.05) is 0 Å². The lowest BCUT2D eigenvalue weighted by atomic mass is 10.3. The summed E-state index contributed by atoms with van der Waals surface area (Å²) in [6.45, 7) is 0. The number of hydrogen-bond acceptors (Lipinski definition) is 1. The summed E-state index contributed by atoms with van der Waals surface area (Å²) in [6.07, 6.45) is 1.61. The average molecular weight is 241 g/mol. The number of nitrogens with zero attached hydrogens (tertiary/aromatic N) is 1. The lowest BCUT2D eigenvalue weighted by Crippen LogP contribution is -2.40. The molecule has 0 aliphatic carbocycles. The Morgan fingerprint density at radius 1 is 0.933 bits per heavy atom. The van der Waals surface area contributed by atoms with Crippen LogP contribution in [-0.2, 0) is 0 Å². The van der Waals surface area contributed by atoms with E-state index in [-0.39, 0.29) is 0 Å². The number of para-hydroxylation sites is 1. The van der Waals surface area contributed by atoms with E-state index >= 15 is 0 Å². The van der Waals surface area contributed by atoms with Crippen molar-refractivity contribution in [3.8, 4) is 5.75 Å². The molecule has 1 aromatic heterocycles. The Labute approximate surface area is 97.6 Å². The molecular formula is C11H8Cl2NO+. The van der Waals surface area contributed by atoms with Gasteiger partial charge in [0.05, 0.1) is 0 Å². The van der Waals surface area contributed by atoms with Gasteiger partial charge in [0.25, 0.3) is 0 Å². The van der Waals surface area contributed by atoms with Crippen LogP contribution >= 0.6 is 23.2 Å². The third kappa shape index (κ3) is 2.61. The van der Waals surface area contributed by atoms with Crippen LogP contribution in [0, 0.1) is 0 Å². The first kappa shape index (κ1) is 10.3. The van der Waals surface area contributed by atoms with Crippen LogP contribution in [0.2, 0.25) is 10.2 Å². The first-order chi connectivity index (χ1) is 7.25. The molecule has 4 heteroatoms. The van der Waals surface area contributed by atoms with E-state index in [1.165, 1.54) is 4.73 Å². The van der Waals surface area contributed by atoms with Gasteiger partial charge in [-0.15, -0.1) is 0 Å². The molecule has 2 aromatic rings. The van der Waals surface area contributed by atoms with E-state index in [2.05, 4.69) is 0 Å². The van der Waals surface area contributed by atoms with Crippen molar-refractivity contribution in [1.82, 2.24) is 0 Å². The molecule has 0 bridgehead atoms.